The molecule has 0 radical (unpaired) electrons. The summed E-state index contributed by atoms with van der Waals surface area (Å²) in [5.74, 6) is 0.945. The molecule has 3 rings (SSSR count). The molecule has 0 aromatic rings. The Morgan fingerprint density at radius 2 is 1.71 bits per heavy atom. The van der Waals surface area contributed by atoms with E-state index in [9.17, 15) is 4.79 Å². The first-order chi connectivity index (χ1) is 6.24. The van der Waals surface area contributed by atoms with E-state index in [1.807, 2.05) is 0 Å². The Morgan fingerprint density at radius 3 is 2.14 bits per heavy atom. The predicted octanol–water partition coefficient (Wildman–Crippen LogP) is 1.34. The van der Waals surface area contributed by atoms with Gasteiger partial charge in [0.25, 0.3) is 0 Å². The molecule has 0 spiro atoms. The van der Waals surface area contributed by atoms with Gasteiger partial charge in [0.1, 0.15) is 0 Å². The van der Waals surface area contributed by atoms with Crippen LogP contribution in [0.2, 0.25) is 0 Å². The molecule has 0 aromatic heterocycles. The smallest absolute Gasteiger partial charge is 0.310 e. The number of carbonyl (C=O) groups excluding carboxylic acids is 1. The molecule has 2 atom stereocenters. The molecule has 3 aliphatic rings. The van der Waals surface area contributed by atoms with Crippen molar-refractivity contribution in [1.29, 1.82) is 0 Å². The van der Waals surface area contributed by atoms with Crippen LogP contribution in [-0.2, 0) is 9.53 Å². The van der Waals surface area contributed by atoms with Crippen LogP contribution in [0.5, 0.6) is 0 Å². The van der Waals surface area contributed by atoms with Crippen molar-refractivity contribution >= 4 is 18.4 Å². The molecule has 0 aromatic carbocycles. The fourth-order valence-corrected chi connectivity index (χ4v) is 2.98. The molecule has 0 amide bonds. The van der Waals surface area contributed by atoms with E-state index < -0.39 is 0 Å². The fraction of sp³-hybridized carbons (Fsp3) is 0.900. The molecule has 4 heteroatoms. The van der Waals surface area contributed by atoms with Crippen LogP contribution in [0.4, 0.5) is 0 Å². The molecule has 82 valence electrons. The first kappa shape index (κ1) is 11.8. The molecular formula is C10H18ClNO2. The summed E-state index contributed by atoms with van der Waals surface area (Å²) in [5.41, 5.74) is 6.04. The number of esters is 1. The minimum absolute atomic E-state index is 0. The number of nitrogens with two attached hydrogens (primary N) is 1. The van der Waals surface area contributed by atoms with E-state index in [-0.39, 0.29) is 30.3 Å². The Bertz CT molecular complexity index is 212. The Hall–Kier alpha value is -0.280. The normalized spacial score (nSPS) is 40.1. The minimum Gasteiger partial charge on any atom is -0.469 e. The molecule has 0 aliphatic heterocycles. The monoisotopic (exact) mass is 219 g/mol. The Balaban J connectivity index is 0.000000980. The number of halogens is 1. The largest absolute Gasteiger partial charge is 0.469 e. The van der Waals surface area contributed by atoms with E-state index in [1.165, 1.54) is 20.0 Å². The number of methoxy groups -OCH3 is 1. The van der Waals surface area contributed by atoms with E-state index in [0.717, 1.165) is 12.8 Å². The topological polar surface area (TPSA) is 52.3 Å². The summed E-state index contributed by atoms with van der Waals surface area (Å²) in [6.45, 7) is 0. The SMILES string of the molecule is COC(=O)[C@@H]1C2CCC(CC2)[C@H]1N.Cl. The highest BCUT2D eigenvalue weighted by molar-refractivity contribution is 5.85. The minimum atomic E-state index is -0.0955. The number of ether oxygens (including phenoxy) is 1. The van der Waals surface area contributed by atoms with E-state index in [4.69, 9.17) is 10.5 Å². The molecular weight excluding hydrogens is 202 g/mol. The molecule has 0 heterocycles. The summed E-state index contributed by atoms with van der Waals surface area (Å²) in [7, 11) is 1.46. The first-order valence-corrected chi connectivity index (χ1v) is 5.07. The van der Waals surface area contributed by atoms with Crippen LogP contribution >= 0.6 is 12.4 Å². The van der Waals surface area contributed by atoms with Gasteiger partial charge in [-0.3, -0.25) is 4.79 Å². The number of rotatable bonds is 1. The van der Waals surface area contributed by atoms with Gasteiger partial charge in [-0.05, 0) is 37.5 Å². The van der Waals surface area contributed by atoms with Crippen molar-refractivity contribution in [2.24, 2.45) is 23.5 Å². The van der Waals surface area contributed by atoms with E-state index in [1.54, 1.807) is 0 Å². The molecule has 3 saturated carbocycles. The van der Waals surface area contributed by atoms with Gasteiger partial charge < -0.3 is 10.5 Å². The van der Waals surface area contributed by atoms with E-state index in [0.29, 0.717) is 11.8 Å². The van der Waals surface area contributed by atoms with E-state index in [2.05, 4.69) is 0 Å². The second-order valence-corrected chi connectivity index (χ2v) is 4.30. The Morgan fingerprint density at radius 1 is 1.21 bits per heavy atom. The lowest BCUT2D eigenvalue weighted by atomic mass is 9.62. The van der Waals surface area contributed by atoms with Crippen LogP contribution < -0.4 is 5.73 Å². The van der Waals surface area contributed by atoms with Gasteiger partial charge in [-0.15, -0.1) is 12.4 Å². The third kappa shape index (κ3) is 1.75. The zero-order valence-electron chi connectivity index (χ0n) is 8.44. The van der Waals surface area contributed by atoms with Gasteiger partial charge in [-0.25, -0.2) is 0 Å². The average Bonchev–Trinajstić information content (AvgIpc) is 2.18. The van der Waals surface area contributed by atoms with Crippen molar-refractivity contribution < 1.29 is 9.53 Å². The van der Waals surface area contributed by atoms with Gasteiger partial charge in [-0.2, -0.15) is 0 Å². The van der Waals surface area contributed by atoms with E-state index >= 15 is 0 Å². The van der Waals surface area contributed by atoms with Gasteiger partial charge in [0.05, 0.1) is 13.0 Å². The van der Waals surface area contributed by atoms with Gasteiger partial charge in [0.15, 0.2) is 0 Å². The number of carbonyl (C=O) groups is 1. The third-order valence-electron chi connectivity index (χ3n) is 3.76. The highest BCUT2D eigenvalue weighted by atomic mass is 35.5. The van der Waals surface area contributed by atoms with Crippen molar-refractivity contribution in [2.45, 2.75) is 31.7 Å². The molecule has 2 N–H and O–H groups in total. The van der Waals surface area contributed by atoms with Crippen LogP contribution in [0, 0.1) is 17.8 Å². The molecule has 3 fully saturated rings. The Labute approximate surface area is 90.8 Å². The molecule has 3 nitrogen and oxygen atoms in total. The summed E-state index contributed by atoms with van der Waals surface area (Å²) in [6, 6.07) is 0.0555. The summed E-state index contributed by atoms with van der Waals surface area (Å²) in [6.07, 6.45) is 4.74. The molecule has 14 heavy (non-hydrogen) atoms. The predicted molar refractivity (Wildman–Crippen MR) is 56.2 cm³/mol. The lowest BCUT2D eigenvalue weighted by Crippen LogP contribution is -2.52. The fourth-order valence-electron chi connectivity index (χ4n) is 2.98. The maximum atomic E-state index is 11.5. The molecule has 3 aliphatic carbocycles. The van der Waals surface area contributed by atoms with Gasteiger partial charge >= 0.3 is 5.97 Å². The lowest BCUT2D eigenvalue weighted by Gasteiger charge is -2.45. The van der Waals surface area contributed by atoms with Gasteiger partial charge in [0.2, 0.25) is 0 Å². The highest BCUT2D eigenvalue weighted by Crippen LogP contribution is 2.44. The highest BCUT2D eigenvalue weighted by Gasteiger charge is 2.45. The van der Waals surface area contributed by atoms with Crippen molar-refractivity contribution in [1.82, 2.24) is 0 Å². The lowest BCUT2D eigenvalue weighted by molar-refractivity contribution is -0.152. The van der Waals surface area contributed by atoms with Crippen LogP contribution in [-0.4, -0.2) is 19.1 Å². The third-order valence-corrected chi connectivity index (χ3v) is 3.76. The van der Waals surface area contributed by atoms with Crippen LogP contribution in [0.15, 0.2) is 0 Å². The van der Waals surface area contributed by atoms with Gasteiger partial charge in [0, 0.05) is 6.04 Å². The standard InChI is InChI=1S/C10H17NO2.ClH/c1-13-10(12)8-6-2-4-7(5-3-6)9(8)11;/h6-9H,2-5,11H2,1H3;1H/t6?,7?,8-,9-;/m1./s1. The van der Waals surface area contributed by atoms with Crippen LogP contribution in [0.25, 0.3) is 0 Å². The second kappa shape index (κ2) is 4.49. The number of fused-ring (bicyclic) bond motifs is 3. The summed E-state index contributed by atoms with van der Waals surface area (Å²) in [4.78, 5) is 11.5. The number of hydrogen-bond acceptors (Lipinski definition) is 3. The maximum Gasteiger partial charge on any atom is 0.310 e. The zero-order valence-corrected chi connectivity index (χ0v) is 9.26. The summed E-state index contributed by atoms with van der Waals surface area (Å²) < 4.78 is 4.79. The van der Waals surface area contributed by atoms with Crippen molar-refractivity contribution in [3.8, 4) is 0 Å². The van der Waals surface area contributed by atoms with Gasteiger partial charge in [-0.1, -0.05) is 0 Å². The van der Waals surface area contributed by atoms with Crippen molar-refractivity contribution in [3.05, 3.63) is 0 Å². The first-order valence-electron chi connectivity index (χ1n) is 5.07. The number of hydrogen-bond donors (Lipinski definition) is 1. The maximum absolute atomic E-state index is 11.5. The Kier molecular flexibility index (Phi) is 3.78. The summed E-state index contributed by atoms with van der Waals surface area (Å²) >= 11 is 0. The summed E-state index contributed by atoms with van der Waals surface area (Å²) in [5, 5.41) is 0. The van der Waals surface area contributed by atoms with Crippen LogP contribution in [0.3, 0.4) is 0 Å². The quantitative estimate of drug-likeness (QED) is 0.678. The molecule has 0 unspecified atom stereocenters. The molecule has 2 bridgehead atoms. The van der Waals surface area contributed by atoms with Crippen molar-refractivity contribution in [2.75, 3.05) is 7.11 Å². The second-order valence-electron chi connectivity index (χ2n) is 4.30. The average molecular weight is 220 g/mol. The molecule has 0 saturated heterocycles. The zero-order chi connectivity index (χ0) is 9.42. The van der Waals surface area contributed by atoms with Crippen molar-refractivity contribution in [3.63, 3.8) is 0 Å². The van der Waals surface area contributed by atoms with Crippen LogP contribution in [0.1, 0.15) is 25.7 Å².